The van der Waals surface area contributed by atoms with Gasteiger partial charge < -0.3 is 10.1 Å². The van der Waals surface area contributed by atoms with E-state index in [9.17, 15) is 4.39 Å². The Labute approximate surface area is 127 Å². The van der Waals surface area contributed by atoms with Crippen LogP contribution < -0.4 is 10.1 Å². The molecule has 0 radical (unpaired) electrons. The Morgan fingerprint density at radius 2 is 2.00 bits per heavy atom. The lowest BCUT2D eigenvalue weighted by molar-refractivity contribution is 0.406. The largest absolute Gasteiger partial charge is 0.496 e. The second-order valence-corrected chi connectivity index (χ2v) is 5.39. The first-order valence-corrected chi connectivity index (χ1v) is 7.19. The number of methoxy groups -OCH3 is 1. The molecule has 20 heavy (non-hydrogen) atoms. The maximum Gasteiger partial charge on any atom is 0.137 e. The van der Waals surface area contributed by atoms with Crippen LogP contribution in [0.5, 0.6) is 5.75 Å². The zero-order chi connectivity index (χ0) is 14.5. The molecule has 2 aromatic rings. The minimum atomic E-state index is -0.249. The molecule has 0 saturated carbocycles. The van der Waals surface area contributed by atoms with Crippen LogP contribution >= 0.6 is 15.9 Å². The van der Waals surface area contributed by atoms with Gasteiger partial charge in [0.05, 0.1) is 11.6 Å². The maximum absolute atomic E-state index is 13.3. The summed E-state index contributed by atoms with van der Waals surface area (Å²) in [6.07, 6.45) is 0.776. The molecular formula is C16H17BrFNO. The van der Waals surface area contributed by atoms with Crippen molar-refractivity contribution in [3.8, 4) is 5.75 Å². The average Bonchev–Trinajstić information content (AvgIpc) is 2.48. The quantitative estimate of drug-likeness (QED) is 0.886. The van der Waals surface area contributed by atoms with Crippen LogP contribution in [-0.4, -0.2) is 14.2 Å². The fraction of sp³-hybridized carbons (Fsp3) is 0.250. The molecule has 0 aliphatic rings. The second-order valence-electron chi connectivity index (χ2n) is 4.53. The molecule has 0 aliphatic carbocycles. The molecule has 1 atom stereocenters. The van der Waals surface area contributed by atoms with Gasteiger partial charge in [0.15, 0.2) is 0 Å². The van der Waals surface area contributed by atoms with Crippen molar-refractivity contribution in [2.45, 2.75) is 12.5 Å². The van der Waals surface area contributed by atoms with Crippen LogP contribution in [-0.2, 0) is 6.42 Å². The fourth-order valence-corrected chi connectivity index (χ4v) is 2.60. The molecule has 2 aromatic carbocycles. The number of halogens is 2. The van der Waals surface area contributed by atoms with Crippen molar-refractivity contribution in [2.75, 3.05) is 14.2 Å². The molecule has 106 valence electrons. The van der Waals surface area contributed by atoms with Crippen molar-refractivity contribution in [3.05, 3.63) is 63.9 Å². The summed E-state index contributed by atoms with van der Waals surface area (Å²) >= 11 is 3.23. The number of hydrogen-bond acceptors (Lipinski definition) is 2. The third-order valence-corrected chi connectivity index (χ3v) is 3.92. The van der Waals surface area contributed by atoms with Crippen LogP contribution in [0.4, 0.5) is 4.39 Å². The van der Waals surface area contributed by atoms with E-state index in [1.165, 1.54) is 6.07 Å². The summed E-state index contributed by atoms with van der Waals surface area (Å²) in [5.41, 5.74) is 2.15. The Balaban J connectivity index is 2.26. The average molecular weight is 338 g/mol. The number of para-hydroxylation sites is 1. The highest BCUT2D eigenvalue weighted by atomic mass is 79.9. The van der Waals surface area contributed by atoms with E-state index in [4.69, 9.17) is 4.74 Å². The van der Waals surface area contributed by atoms with Crippen molar-refractivity contribution in [2.24, 2.45) is 0 Å². The summed E-state index contributed by atoms with van der Waals surface area (Å²) in [6.45, 7) is 0. The number of rotatable bonds is 5. The molecule has 2 rings (SSSR count). The zero-order valence-corrected chi connectivity index (χ0v) is 13.1. The smallest absolute Gasteiger partial charge is 0.137 e. The van der Waals surface area contributed by atoms with Crippen LogP contribution in [0.2, 0.25) is 0 Å². The molecule has 0 aromatic heterocycles. The number of benzene rings is 2. The van der Waals surface area contributed by atoms with E-state index >= 15 is 0 Å². The summed E-state index contributed by atoms with van der Waals surface area (Å²) in [4.78, 5) is 0. The molecule has 0 amide bonds. The topological polar surface area (TPSA) is 21.3 Å². The van der Waals surface area contributed by atoms with Crippen molar-refractivity contribution in [1.29, 1.82) is 0 Å². The van der Waals surface area contributed by atoms with E-state index < -0.39 is 0 Å². The molecule has 0 saturated heterocycles. The number of likely N-dealkylation sites (N-methyl/N-ethyl adjacent to an activating group) is 1. The Kier molecular flexibility index (Phi) is 5.15. The normalized spacial score (nSPS) is 12.2. The molecular weight excluding hydrogens is 321 g/mol. The van der Waals surface area contributed by atoms with Crippen LogP contribution in [0, 0.1) is 5.82 Å². The number of hydrogen-bond donors (Lipinski definition) is 1. The molecule has 0 aliphatic heterocycles. The van der Waals surface area contributed by atoms with E-state index in [1.807, 2.05) is 37.4 Å². The van der Waals surface area contributed by atoms with Gasteiger partial charge in [-0.2, -0.15) is 0 Å². The summed E-state index contributed by atoms with van der Waals surface area (Å²) < 4.78 is 19.2. The van der Waals surface area contributed by atoms with E-state index in [2.05, 4.69) is 21.2 Å². The van der Waals surface area contributed by atoms with Crippen molar-refractivity contribution in [1.82, 2.24) is 5.32 Å². The van der Waals surface area contributed by atoms with Crippen LogP contribution in [0.1, 0.15) is 17.2 Å². The first kappa shape index (κ1) is 15.0. The number of nitrogens with one attached hydrogen (secondary N) is 1. The lowest BCUT2D eigenvalue weighted by Gasteiger charge is -2.18. The van der Waals surface area contributed by atoms with Gasteiger partial charge in [0.2, 0.25) is 0 Å². The van der Waals surface area contributed by atoms with E-state index in [0.29, 0.717) is 4.47 Å². The predicted molar refractivity (Wildman–Crippen MR) is 82.6 cm³/mol. The van der Waals surface area contributed by atoms with Gasteiger partial charge in [-0.05, 0) is 58.7 Å². The van der Waals surface area contributed by atoms with Gasteiger partial charge in [-0.1, -0.05) is 24.3 Å². The highest BCUT2D eigenvalue weighted by Gasteiger charge is 2.14. The van der Waals surface area contributed by atoms with Crippen molar-refractivity contribution >= 4 is 15.9 Å². The van der Waals surface area contributed by atoms with Crippen LogP contribution in [0.15, 0.2) is 46.9 Å². The molecule has 1 N–H and O–H groups in total. The Morgan fingerprint density at radius 1 is 1.25 bits per heavy atom. The summed E-state index contributed by atoms with van der Waals surface area (Å²) in [7, 11) is 3.57. The van der Waals surface area contributed by atoms with Crippen LogP contribution in [0.25, 0.3) is 0 Å². The van der Waals surface area contributed by atoms with Gasteiger partial charge in [-0.25, -0.2) is 4.39 Å². The van der Waals surface area contributed by atoms with Gasteiger partial charge in [0.1, 0.15) is 11.6 Å². The summed E-state index contributed by atoms with van der Waals surface area (Å²) in [6, 6.07) is 13.1. The number of ether oxygens (including phenoxy) is 1. The predicted octanol–water partition coefficient (Wildman–Crippen LogP) is 4.10. The Bertz CT molecular complexity index is 588. The molecule has 0 fully saturated rings. The molecule has 1 unspecified atom stereocenters. The molecule has 4 heteroatoms. The minimum absolute atomic E-state index is 0.100. The van der Waals surface area contributed by atoms with Gasteiger partial charge in [-0.15, -0.1) is 0 Å². The first-order chi connectivity index (χ1) is 9.65. The molecule has 0 heterocycles. The lowest BCUT2D eigenvalue weighted by atomic mass is 9.98. The van der Waals surface area contributed by atoms with Gasteiger partial charge in [-0.3, -0.25) is 0 Å². The van der Waals surface area contributed by atoms with E-state index in [0.717, 1.165) is 23.3 Å². The van der Waals surface area contributed by atoms with Crippen LogP contribution in [0.3, 0.4) is 0 Å². The van der Waals surface area contributed by atoms with Gasteiger partial charge >= 0.3 is 0 Å². The highest BCUT2D eigenvalue weighted by molar-refractivity contribution is 9.10. The second kappa shape index (κ2) is 6.86. The van der Waals surface area contributed by atoms with Crippen molar-refractivity contribution in [3.63, 3.8) is 0 Å². The van der Waals surface area contributed by atoms with Gasteiger partial charge in [0, 0.05) is 6.04 Å². The first-order valence-electron chi connectivity index (χ1n) is 6.39. The van der Waals surface area contributed by atoms with E-state index in [1.54, 1.807) is 13.2 Å². The SMILES string of the molecule is CNC(Cc1ccccc1OC)c1ccc(F)c(Br)c1. The minimum Gasteiger partial charge on any atom is -0.496 e. The summed E-state index contributed by atoms with van der Waals surface area (Å²) in [5.74, 6) is 0.620. The third kappa shape index (κ3) is 3.38. The lowest BCUT2D eigenvalue weighted by Crippen LogP contribution is -2.19. The van der Waals surface area contributed by atoms with Gasteiger partial charge in [0.25, 0.3) is 0 Å². The maximum atomic E-state index is 13.3. The monoisotopic (exact) mass is 337 g/mol. The molecule has 0 bridgehead atoms. The fourth-order valence-electron chi connectivity index (χ4n) is 2.21. The molecule has 0 spiro atoms. The van der Waals surface area contributed by atoms with E-state index in [-0.39, 0.29) is 11.9 Å². The van der Waals surface area contributed by atoms with Crippen molar-refractivity contribution < 1.29 is 9.13 Å². The highest BCUT2D eigenvalue weighted by Crippen LogP contribution is 2.27. The standard InChI is InChI=1S/C16H17BrFNO/c1-19-15(11-7-8-14(18)13(17)9-11)10-12-5-3-4-6-16(12)20-2/h3-9,15,19H,10H2,1-2H3. The molecule has 2 nitrogen and oxygen atoms in total. The third-order valence-electron chi connectivity index (χ3n) is 3.31. The Morgan fingerprint density at radius 3 is 2.65 bits per heavy atom. The Hall–Kier alpha value is -1.39. The summed E-state index contributed by atoms with van der Waals surface area (Å²) in [5, 5.41) is 3.27. The zero-order valence-electron chi connectivity index (χ0n) is 11.5.